The highest BCUT2D eigenvalue weighted by atomic mass is 79.9. The maximum Gasteiger partial charge on any atom is 0.420 e. The van der Waals surface area contributed by atoms with Gasteiger partial charge >= 0.3 is 5.76 Å². The van der Waals surface area contributed by atoms with Crippen molar-refractivity contribution in [2.75, 3.05) is 19.8 Å². The quantitative estimate of drug-likeness (QED) is 0.784. The van der Waals surface area contributed by atoms with Gasteiger partial charge in [-0.25, -0.2) is 4.79 Å². The summed E-state index contributed by atoms with van der Waals surface area (Å²) < 4.78 is 18.8. The van der Waals surface area contributed by atoms with Crippen molar-refractivity contribution < 1.29 is 13.9 Å². The van der Waals surface area contributed by atoms with Gasteiger partial charge in [0.15, 0.2) is 5.58 Å². The minimum absolute atomic E-state index is 0.212. The Morgan fingerprint density at radius 2 is 2.35 bits per heavy atom. The average Bonchev–Trinajstić information content (AvgIpc) is 3.02. The number of ether oxygens (including phenoxy) is 2. The van der Waals surface area contributed by atoms with Gasteiger partial charge in [-0.15, -0.1) is 0 Å². The highest BCUT2D eigenvalue weighted by molar-refractivity contribution is 9.10. The molecule has 5 nitrogen and oxygen atoms in total. The van der Waals surface area contributed by atoms with E-state index in [0.717, 1.165) is 29.4 Å². The van der Waals surface area contributed by atoms with Crippen LogP contribution in [0.2, 0.25) is 0 Å². The van der Waals surface area contributed by atoms with E-state index in [1.807, 2.05) is 12.1 Å². The van der Waals surface area contributed by atoms with Crippen LogP contribution in [0, 0.1) is 0 Å². The van der Waals surface area contributed by atoms with E-state index in [1.54, 1.807) is 10.6 Å². The Morgan fingerprint density at radius 1 is 1.45 bits per heavy atom. The number of oxazole rings is 1. The first kappa shape index (κ1) is 13.9. The topological polar surface area (TPSA) is 53.6 Å². The van der Waals surface area contributed by atoms with Crippen molar-refractivity contribution in [2.45, 2.75) is 25.5 Å². The van der Waals surface area contributed by atoms with Gasteiger partial charge in [0.05, 0.1) is 31.4 Å². The molecule has 1 aromatic carbocycles. The van der Waals surface area contributed by atoms with Crippen LogP contribution >= 0.6 is 15.9 Å². The van der Waals surface area contributed by atoms with Crippen molar-refractivity contribution in [3.8, 4) is 0 Å². The van der Waals surface area contributed by atoms with E-state index in [1.165, 1.54) is 0 Å². The fourth-order valence-corrected chi connectivity index (χ4v) is 2.74. The summed E-state index contributed by atoms with van der Waals surface area (Å²) in [5.41, 5.74) is 1.38. The molecule has 1 saturated heterocycles. The first-order valence-corrected chi connectivity index (χ1v) is 7.51. The summed E-state index contributed by atoms with van der Waals surface area (Å²) in [6.45, 7) is 2.38. The van der Waals surface area contributed by atoms with Gasteiger partial charge < -0.3 is 13.9 Å². The molecule has 0 spiro atoms. The SMILES string of the molecule is O=c1oc2cc(Br)ccc2n1CCOC[C@H]1CCCO1. The summed E-state index contributed by atoms with van der Waals surface area (Å²) in [5.74, 6) is -0.348. The number of aromatic nitrogens is 1. The summed E-state index contributed by atoms with van der Waals surface area (Å²) in [6, 6.07) is 5.55. The number of halogens is 1. The molecule has 6 heteroatoms. The molecule has 2 aromatic rings. The van der Waals surface area contributed by atoms with Crippen molar-refractivity contribution >= 4 is 27.0 Å². The predicted octanol–water partition coefficient (Wildman–Crippen LogP) is 2.55. The van der Waals surface area contributed by atoms with Gasteiger partial charge in [0.25, 0.3) is 0 Å². The summed E-state index contributed by atoms with van der Waals surface area (Å²) in [7, 11) is 0. The first-order chi connectivity index (χ1) is 9.74. The fraction of sp³-hybridized carbons (Fsp3) is 0.500. The highest BCUT2D eigenvalue weighted by Crippen LogP contribution is 2.18. The molecule has 0 unspecified atom stereocenters. The number of rotatable bonds is 5. The molecule has 1 aliphatic rings. The van der Waals surface area contributed by atoms with Crippen LogP contribution in [0.4, 0.5) is 0 Å². The second-order valence-electron chi connectivity index (χ2n) is 4.84. The monoisotopic (exact) mass is 341 g/mol. The zero-order valence-electron chi connectivity index (χ0n) is 11.0. The maximum absolute atomic E-state index is 11.8. The van der Waals surface area contributed by atoms with Crippen molar-refractivity contribution in [1.29, 1.82) is 0 Å². The lowest BCUT2D eigenvalue weighted by Gasteiger charge is -2.10. The smallest absolute Gasteiger partial charge is 0.408 e. The third-order valence-corrected chi connectivity index (χ3v) is 3.91. The van der Waals surface area contributed by atoms with E-state index in [-0.39, 0.29) is 11.9 Å². The Bertz CT molecular complexity index is 642. The number of nitrogens with zero attached hydrogens (tertiary/aromatic N) is 1. The summed E-state index contributed by atoms with van der Waals surface area (Å²) in [5, 5.41) is 0. The molecule has 1 atom stereocenters. The molecule has 108 valence electrons. The highest BCUT2D eigenvalue weighted by Gasteiger charge is 2.15. The van der Waals surface area contributed by atoms with Gasteiger partial charge in [-0.1, -0.05) is 15.9 Å². The van der Waals surface area contributed by atoms with Crippen molar-refractivity contribution in [2.24, 2.45) is 0 Å². The van der Waals surface area contributed by atoms with Gasteiger partial charge in [-0.3, -0.25) is 4.57 Å². The summed E-state index contributed by atoms with van der Waals surface area (Å²) in [6.07, 6.45) is 2.38. The second-order valence-corrected chi connectivity index (χ2v) is 5.76. The standard InChI is InChI=1S/C14H16BrNO4/c15-10-3-4-12-13(8-10)20-14(17)16(12)5-7-18-9-11-2-1-6-19-11/h3-4,8,11H,1-2,5-7,9H2/t11-/m1/s1. The normalized spacial score (nSPS) is 18.9. The lowest BCUT2D eigenvalue weighted by atomic mass is 10.2. The Hall–Kier alpha value is -1.11. The predicted molar refractivity (Wildman–Crippen MR) is 78.0 cm³/mol. The number of hydrogen-bond donors (Lipinski definition) is 0. The van der Waals surface area contributed by atoms with Gasteiger partial charge in [-0.05, 0) is 31.0 Å². The van der Waals surface area contributed by atoms with Gasteiger partial charge in [0.1, 0.15) is 0 Å². The zero-order valence-corrected chi connectivity index (χ0v) is 12.6. The third-order valence-electron chi connectivity index (χ3n) is 3.42. The zero-order chi connectivity index (χ0) is 13.9. The van der Waals surface area contributed by atoms with Gasteiger partial charge in [0.2, 0.25) is 0 Å². The first-order valence-electron chi connectivity index (χ1n) is 6.72. The van der Waals surface area contributed by atoms with Crippen LogP contribution in [0.3, 0.4) is 0 Å². The molecule has 2 heterocycles. The number of hydrogen-bond acceptors (Lipinski definition) is 4. The fourth-order valence-electron chi connectivity index (χ4n) is 2.40. The molecular formula is C14H16BrNO4. The Morgan fingerprint density at radius 3 is 3.15 bits per heavy atom. The molecule has 1 aliphatic heterocycles. The number of fused-ring (bicyclic) bond motifs is 1. The molecule has 3 rings (SSSR count). The van der Waals surface area contributed by atoms with Gasteiger partial charge in [-0.2, -0.15) is 0 Å². The Balaban J connectivity index is 1.62. The van der Waals surface area contributed by atoms with E-state index >= 15 is 0 Å². The largest absolute Gasteiger partial charge is 0.420 e. The van der Waals surface area contributed by atoms with Crippen LogP contribution in [-0.2, 0) is 16.0 Å². The average molecular weight is 342 g/mol. The van der Waals surface area contributed by atoms with E-state index in [2.05, 4.69) is 15.9 Å². The van der Waals surface area contributed by atoms with Crippen molar-refractivity contribution in [3.63, 3.8) is 0 Å². The molecule has 1 fully saturated rings. The lowest BCUT2D eigenvalue weighted by Crippen LogP contribution is -2.20. The van der Waals surface area contributed by atoms with E-state index in [0.29, 0.717) is 25.3 Å². The van der Waals surface area contributed by atoms with Crippen molar-refractivity contribution in [1.82, 2.24) is 4.57 Å². The number of benzene rings is 1. The van der Waals surface area contributed by atoms with Crippen molar-refractivity contribution in [3.05, 3.63) is 33.2 Å². The second kappa shape index (κ2) is 6.11. The van der Waals surface area contributed by atoms with Gasteiger partial charge in [0, 0.05) is 11.1 Å². The van der Waals surface area contributed by atoms with Crippen LogP contribution < -0.4 is 5.76 Å². The summed E-state index contributed by atoms with van der Waals surface area (Å²) >= 11 is 3.36. The summed E-state index contributed by atoms with van der Waals surface area (Å²) in [4.78, 5) is 11.8. The molecular weight excluding hydrogens is 326 g/mol. The lowest BCUT2D eigenvalue weighted by molar-refractivity contribution is 0.0147. The molecule has 0 amide bonds. The molecule has 0 aliphatic carbocycles. The van der Waals surface area contributed by atoms with Crippen LogP contribution in [0.15, 0.2) is 31.9 Å². The van der Waals surface area contributed by atoms with Crippen LogP contribution in [-0.4, -0.2) is 30.5 Å². The van der Waals surface area contributed by atoms with E-state index < -0.39 is 0 Å². The van der Waals surface area contributed by atoms with Crippen LogP contribution in [0.25, 0.3) is 11.1 Å². The van der Waals surface area contributed by atoms with Crippen LogP contribution in [0.1, 0.15) is 12.8 Å². The Labute approximate surface area is 124 Å². The van der Waals surface area contributed by atoms with E-state index in [9.17, 15) is 4.79 Å². The minimum Gasteiger partial charge on any atom is -0.408 e. The molecule has 0 bridgehead atoms. The van der Waals surface area contributed by atoms with Crippen LogP contribution in [0.5, 0.6) is 0 Å². The molecule has 0 saturated carbocycles. The molecule has 0 radical (unpaired) electrons. The molecule has 0 N–H and O–H groups in total. The van der Waals surface area contributed by atoms with E-state index in [4.69, 9.17) is 13.9 Å². The minimum atomic E-state index is -0.348. The Kier molecular flexibility index (Phi) is 4.24. The third kappa shape index (κ3) is 2.97. The molecule has 20 heavy (non-hydrogen) atoms. The maximum atomic E-state index is 11.8. The molecule has 1 aromatic heterocycles.